The fourth-order valence-electron chi connectivity index (χ4n) is 3.42. The molecule has 0 spiro atoms. The minimum Gasteiger partial charge on any atom is -0.370 e. The van der Waals surface area contributed by atoms with Crippen LogP contribution in [0.15, 0.2) is 18.2 Å². The number of nitrogens with one attached hydrogen (secondary N) is 1. The number of amides is 3. The molecule has 8 nitrogen and oxygen atoms in total. The minimum atomic E-state index is -4.81. The van der Waals surface area contributed by atoms with Crippen molar-refractivity contribution in [2.45, 2.75) is 33.0 Å². The van der Waals surface area contributed by atoms with Gasteiger partial charge in [0.25, 0.3) is 11.8 Å². The molecule has 3 amide bonds. The molecule has 2 rings (SSSR count). The SMILES string of the molecule is CN(CC(C)(C)C)[C@H](C(N)=O)C(=O)Nc1ccc(N2CCOCC2=O)cc1C(F)(F)F. The molecule has 1 aliphatic heterocycles. The lowest BCUT2D eigenvalue weighted by Gasteiger charge is -2.31. The van der Waals surface area contributed by atoms with Crippen LogP contribution in [0, 0.1) is 5.41 Å². The Morgan fingerprint density at radius 1 is 1.29 bits per heavy atom. The molecule has 0 unspecified atom stereocenters. The molecule has 172 valence electrons. The van der Waals surface area contributed by atoms with E-state index >= 15 is 0 Å². The number of nitrogens with zero attached hydrogens (tertiary/aromatic N) is 2. The Labute approximate surface area is 178 Å². The number of primary amides is 1. The highest BCUT2D eigenvalue weighted by Crippen LogP contribution is 2.37. The molecule has 31 heavy (non-hydrogen) atoms. The number of benzene rings is 1. The number of carbonyl (C=O) groups excluding carboxylic acids is 3. The van der Waals surface area contributed by atoms with Gasteiger partial charge in [-0.15, -0.1) is 0 Å². The lowest BCUT2D eigenvalue weighted by Crippen LogP contribution is -2.52. The van der Waals surface area contributed by atoms with Crippen LogP contribution in [0.5, 0.6) is 0 Å². The van der Waals surface area contributed by atoms with Gasteiger partial charge in [-0.1, -0.05) is 20.8 Å². The third kappa shape index (κ3) is 6.41. The number of likely N-dealkylation sites (N-methyl/N-ethyl adjacent to an activating group) is 1. The van der Waals surface area contributed by atoms with Crippen molar-refractivity contribution in [2.75, 3.05) is 43.6 Å². The van der Waals surface area contributed by atoms with Crippen molar-refractivity contribution in [1.82, 2.24) is 4.90 Å². The van der Waals surface area contributed by atoms with E-state index in [2.05, 4.69) is 5.32 Å². The van der Waals surface area contributed by atoms with Gasteiger partial charge in [0.2, 0.25) is 5.91 Å². The summed E-state index contributed by atoms with van der Waals surface area (Å²) in [5.41, 5.74) is 3.43. The molecule has 0 aliphatic carbocycles. The van der Waals surface area contributed by atoms with E-state index in [1.54, 1.807) is 0 Å². The maximum Gasteiger partial charge on any atom is 0.418 e. The summed E-state index contributed by atoms with van der Waals surface area (Å²) >= 11 is 0. The summed E-state index contributed by atoms with van der Waals surface area (Å²) in [6, 6.07) is 1.69. The number of rotatable bonds is 6. The highest BCUT2D eigenvalue weighted by atomic mass is 19.4. The van der Waals surface area contributed by atoms with Crippen LogP contribution in [0.3, 0.4) is 0 Å². The number of halogens is 3. The van der Waals surface area contributed by atoms with Crippen LogP contribution < -0.4 is 16.0 Å². The summed E-state index contributed by atoms with van der Waals surface area (Å²) in [5.74, 6) is -2.41. The molecule has 1 aliphatic rings. The Hall–Kier alpha value is -2.66. The first-order chi connectivity index (χ1) is 14.2. The summed E-state index contributed by atoms with van der Waals surface area (Å²) in [6.07, 6.45) is -4.81. The second-order valence-electron chi connectivity index (χ2n) is 8.60. The van der Waals surface area contributed by atoms with Gasteiger partial charge in [0.1, 0.15) is 6.61 Å². The maximum absolute atomic E-state index is 13.7. The van der Waals surface area contributed by atoms with E-state index in [-0.39, 0.29) is 30.9 Å². The van der Waals surface area contributed by atoms with Gasteiger partial charge in [0.15, 0.2) is 6.04 Å². The van der Waals surface area contributed by atoms with Gasteiger partial charge in [-0.2, -0.15) is 13.2 Å². The van der Waals surface area contributed by atoms with E-state index in [1.807, 2.05) is 20.8 Å². The lowest BCUT2D eigenvalue weighted by atomic mass is 9.95. The molecule has 1 atom stereocenters. The summed E-state index contributed by atoms with van der Waals surface area (Å²) < 4.78 is 46.1. The van der Waals surface area contributed by atoms with Gasteiger partial charge in [-0.3, -0.25) is 19.3 Å². The Kier molecular flexibility index (Phi) is 7.32. The highest BCUT2D eigenvalue weighted by molar-refractivity contribution is 6.10. The van der Waals surface area contributed by atoms with Crippen LogP contribution >= 0.6 is 0 Å². The molecule has 0 aromatic heterocycles. The molecule has 1 saturated heterocycles. The average molecular weight is 444 g/mol. The standard InChI is InChI=1S/C20H27F3N4O4/c1-19(2,3)11-26(4)16(17(24)29)18(30)25-14-6-5-12(9-13(14)20(21,22)23)27-7-8-31-10-15(27)28/h5-6,9,16H,7-8,10-11H2,1-4H3,(H2,24,29)(H,25,30)/t16-/m1/s1. The van der Waals surface area contributed by atoms with Gasteiger partial charge in [-0.25, -0.2) is 0 Å². The first-order valence-electron chi connectivity index (χ1n) is 9.60. The van der Waals surface area contributed by atoms with Crippen LogP contribution in [0.1, 0.15) is 26.3 Å². The van der Waals surface area contributed by atoms with Gasteiger partial charge < -0.3 is 20.7 Å². The third-order valence-electron chi connectivity index (χ3n) is 4.55. The summed E-state index contributed by atoms with van der Waals surface area (Å²) in [4.78, 5) is 39.1. The van der Waals surface area contributed by atoms with Crippen LogP contribution in [-0.2, 0) is 25.3 Å². The predicted octanol–water partition coefficient (Wildman–Crippen LogP) is 1.84. The van der Waals surface area contributed by atoms with Gasteiger partial charge in [-0.05, 0) is 30.7 Å². The molecular weight excluding hydrogens is 417 g/mol. The van der Waals surface area contributed by atoms with Gasteiger partial charge in [0, 0.05) is 18.8 Å². The van der Waals surface area contributed by atoms with Crippen LogP contribution in [0.4, 0.5) is 24.5 Å². The van der Waals surface area contributed by atoms with Crippen LogP contribution in [0.2, 0.25) is 0 Å². The van der Waals surface area contributed by atoms with Gasteiger partial charge in [0.05, 0.1) is 17.9 Å². The van der Waals surface area contributed by atoms with Crippen molar-refractivity contribution in [1.29, 1.82) is 0 Å². The fourth-order valence-corrected chi connectivity index (χ4v) is 3.42. The quantitative estimate of drug-likeness (QED) is 0.652. The van der Waals surface area contributed by atoms with E-state index in [1.165, 1.54) is 22.9 Å². The molecule has 1 aromatic carbocycles. The number of alkyl halides is 3. The molecule has 0 saturated carbocycles. The first-order valence-corrected chi connectivity index (χ1v) is 9.60. The summed E-state index contributed by atoms with van der Waals surface area (Å²) in [7, 11) is 1.50. The number of ether oxygens (including phenoxy) is 1. The number of anilines is 2. The number of hydrogen-bond donors (Lipinski definition) is 2. The molecular formula is C20H27F3N4O4. The molecule has 11 heteroatoms. The zero-order chi connectivity index (χ0) is 23.6. The second-order valence-corrected chi connectivity index (χ2v) is 8.60. The monoisotopic (exact) mass is 444 g/mol. The second kappa shape index (κ2) is 9.23. The molecule has 0 radical (unpaired) electrons. The summed E-state index contributed by atoms with van der Waals surface area (Å²) in [6.45, 7) is 6.04. The Bertz CT molecular complexity index is 852. The van der Waals surface area contributed by atoms with Crippen molar-refractivity contribution < 1.29 is 32.3 Å². The van der Waals surface area contributed by atoms with Crippen LogP contribution in [0.25, 0.3) is 0 Å². The van der Waals surface area contributed by atoms with E-state index < -0.39 is 41.2 Å². The van der Waals surface area contributed by atoms with E-state index in [0.29, 0.717) is 6.54 Å². The predicted molar refractivity (Wildman–Crippen MR) is 108 cm³/mol. The number of carbonyl (C=O) groups is 3. The van der Waals surface area contributed by atoms with E-state index in [0.717, 1.165) is 12.1 Å². The molecule has 1 heterocycles. The maximum atomic E-state index is 13.7. The Balaban J connectivity index is 2.35. The first kappa shape index (κ1) is 24.6. The smallest absolute Gasteiger partial charge is 0.370 e. The molecule has 1 aromatic rings. The number of morpholine rings is 1. The van der Waals surface area contributed by atoms with Crippen molar-refractivity contribution in [2.24, 2.45) is 11.1 Å². The Morgan fingerprint density at radius 3 is 2.45 bits per heavy atom. The van der Waals surface area contributed by atoms with E-state index in [4.69, 9.17) is 10.5 Å². The average Bonchev–Trinajstić information content (AvgIpc) is 2.59. The third-order valence-corrected chi connectivity index (χ3v) is 4.55. The molecule has 0 bridgehead atoms. The van der Waals surface area contributed by atoms with Crippen molar-refractivity contribution >= 4 is 29.1 Å². The van der Waals surface area contributed by atoms with Gasteiger partial charge >= 0.3 is 6.18 Å². The minimum absolute atomic E-state index is 0.0370. The highest BCUT2D eigenvalue weighted by Gasteiger charge is 2.37. The number of hydrogen-bond acceptors (Lipinski definition) is 5. The summed E-state index contributed by atoms with van der Waals surface area (Å²) in [5, 5.41) is 2.18. The molecule has 1 fully saturated rings. The lowest BCUT2D eigenvalue weighted by molar-refractivity contribution is -0.137. The van der Waals surface area contributed by atoms with Crippen molar-refractivity contribution in [3.8, 4) is 0 Å². The number of nitrogens with two attached hydrogens (primary N) is 1. The fraction of sp³-hybridized carbons (Fsp3) is 0.550. The normalized spacial score (nSPS) is 16.4. The van der Waals surface area contributed by atoms with Crippen LogP contribution in [-0.4, -0.2) is 62.0 Å². The largest absolute Gasteiger partial charge is 0.418 e. The van der Waals surface area contributed by atoms with Crippen molar-refractivity contribution in [3.05, 3.63) is 23.8 Å². The zero-order valence-electron chi connectivity index (χ0n) is 17.9. The zero-order valence-corrected chi connectivity index (χ0v) is 17.9. The topological polar surface area (TPSA) is 105 Å². The molecule has 3 N–H and O–H groups in total. The Morgan fingerprint density at radius 2 is 1.94 bits per heavy atom. The van der Waals surface area contributed by atoms with E-state index in [9.17, 15) is 27.6 Å². The van der Waals surface area contributed by atoms with Crippen molar-refractivity contribution in [3.63, 3.8) is 0 Å².